The summed E-state index contributed by atoms with van der Waals surface area (Å²) >= 11 is 0. The molecule has 6 rings (SSSR count). The van der Waals surface area contributed by atoms with Crippen molar-refractivity contribution in [3.63, 3.8) is 0 Å². The molecule has 2 fully saturated rings. The molecule has 0 aliphatic carbocycles. The van der Waals surface area contributed by atoms with Gasteiger partial charge in [-0.05, 0) is 49.1 Å². The Hall–Kier alpha value is -4.35. The summed E-state index contributed by atoms with van der Waals surface area (Å²) in [4.78, 5) is 49.1. The van der Waals surface area contributed by atoms with Crippen molar-refractivity contribution in [3.8, 4) is 0 Å². The zero-order valence-electron chi connectivity index (χ0n) is 23.8. The van der Waals surface area contributed by atoms with Crippen LogP contribution in [0.2, 0.25) is 0 Å². The molecule has 11 heteroatoms. The van der Waals surface area contributed by atoms with Crippen molar-refractivity contribution in [3.05, 3.63) is 95.3 Å². The average Bonchev–Trinajstić information content (AvgIpc) is 3.41. The molecule has 0 saturated carbocycles. The highest BCUT2D eigenvalue weighted by Crippen LogP contribution is 2.54. The van der Waals surface area contributed by atoms with Gasteiger partial charge < -0.3 is 14.9 Å². The maximum absolute atomic E-state index is 14.6. The van der Waals surface area contributed by atoms with E-state index in [4.69, 9.17) is 0 Å². The standard InChI is InChI=1S/C32H32N4O6S/c1-2-16-35-26-14-5-4-13-25(26)32(31(35)40)27(29(38)30(39)36(32)21-22-10-9-15-33-20-22)28(37)23-11-8-12-24(19-23)43(41,42)34-17-6-3-7-18-34/h4-5,8-15,19-20,37H,2-3,6-7,16-18,21H2,1H3/b28-27+. The summed E-state index contributed by atoms with van der Waals surface area (Å²) in [5, 5.41) is 11.9. The number of hydrogen-bond donors (Lipinski definition) is 1. The predicted octanol–water partition coefficient (Wildman–Crippen LogP) is 3.79. The zero-order chi connectivity index (χ0) is 30.4. The van der Waals surface area contributed by atoms with E-state index in [1.807, 2.05) is 6.92 Å². The van der Waals surface area contributed by atoms with Gasteiger partial charge in [0, 0.05) is 49.7 Å². The Labute approximate surface area is 250 Å². The third kappa shape index (κ3) is 4.45. The maximum atomic E-state index is 14.6. The molecule has 1 spiro atoms. The summed E-state index contributed by atoms with van der Waals surface area (Å²) in [5.41, 5.74) is -0.782. The first-order valence-electron chi connectivity index (χ1n) is 14.4. The van der Waals surface area contributed by atoms with E-state index >= 15 is 0 Å². The van der Waals surface area contributed by atoms with Crippen LogP contribution < -0.4 is 4.90 Å². The number of nitrogens with zero attached hydrogens (tertiary/aromatic N) is 4. The van der Waals surface area contributed by atoms with Gasteiger partial charge in [0.25, 0.3) is 17.6 Å². The lowest BCUT2D eigenvalue weighted by Crippen LogP contribution is -2.51. The number of fused-ring (bicyclic) bond motifs is 2. The highest BCUT2D eigenvalue weighted by molar-refractivity contribution is 7.89. The summed E-state index contributed by atoms with van der Waals surface area (Å²) < 4.78 is 28.4. The number of aromatic nitrogens is 1. The van der Waals surface area contributed by atoms with Gasteiger partial charge in [0.2, 0.25) is 10.0 Å². The second-order valence-electron chi connectivity index (χ2n) is 11.0. The van der Waals surface area contributed by atoms with Crippen LogP contribution >= 0.6 is 0 Å². The first-order valence-corrected chi connectivity index (χ1v) is 15.9. The number of ketones is 1. The fraction of sp³-hybridized carbons (Fsp3) is 0.312. The van der Waals surface area contributed by atoms with E-state index in [-0.39, 0.29) is 22.6 Å². The van der Waals surface area contributed by atoms with Crippen LogP contribution in [0.25, 0.3) is 5.76 Å². The number of pyridine rings is 1. The molecular formula is C32H32N4O6S. The molecule has 3 aliphatic heterocycles. The fourth-order valence-corrected chi connectivity index (χ4v) is 7.97. The lowest BCUT2D eigenvalue weighted by molar-refractivity contribution is -0.144. The second-order valence-corrected chi connectivity index (χ2v) is 12.9. The molecule has 2 aromatic carbocycles. The Bertz CT molecular complexity index is 1750. The van der Waals surface area contributed by atoms with Gasteiger partial charge in [0.15, 0.2) is 5.54 Å². The van der Waals surface area contributed by atoms with Crippen LogP contribution in [0, 0.1) is 0 Å². The van der Waals surface area contributed by atoms with E-state index in [2.05, 4.69) is 4.98 Å². The highest BCUT2D eigenvalue weighted by Gasteiger charge is 2.67. The van der Waals surface area contributed by atoms with Crippen molar-refractivity contribution < 1.29 is 27.9 Å². The van der Waals surface area contributed by atoms with Gasteiger partial charge in [-0.3, -0.25) is 19.4 Å². The number of amides is 2. The molecule has 10 nitrogen and oxygen atoms in total. The minimum absolute atomic E-state index is 0.0241. The van der Waals surface area contributed by atoms with Gasteiger partial charge in [-0.25, -0.2) is 8.42 Å². The molecule has 0 radical (unpaired) electrons. The van der Waals surface area contributed by atoms with E-state index in [1.54, 1.807) is 53.7 Å². The van der Waals surface area contributed by atoms with Crippen molar-refractivity contribution >= 4 is 39.1 Å². The van der Waals surface area contributed by atoms with Crippen LogP contribution in [0.5, 0.6) is 0 Å². The number of rotatable bonds is 7. The maximum Gasteiger partial charge on any atom is 0.296 e. The van der Waals surface area contributed by atoms with Crippen LogP contribution in [0.1, 0.15) is 49.3 Å². The number of Topliss-reactive ketones (excluding diaryl/α,β-unsaturated/α-hetero) is 1. The number of anilines is 1. The van der Waals surface area contributed by atoms with Gasteiger partial charge in [-0.1, -0.05) is 49.7 Å². The number of likely N-dealkylation sites (tertiary alicyclic amines) is 1. The van der Waals surface area contributed by atoms with E-state index in [0.29, 0.717) is 42.9 Å². The van der Waals surface area contributed by atoms with E-state index in [9.17, 15) is 27.9 Å². The topological polar surface area (TPSA) is 128 Å². The number of benzene rings is 2. The van der Waals surface area contributed by atoms with Crippen molar-refractivity contribution in [2.24, 2.45) is 0 Å². The lowest BCUT2D eigenvalue weighted by Gasteiger charge is -2.34. The summed E-state index contributed by atoms with van der Waals surface area (Å²) in [6.07, 6.45) is 6.22. The molecular weight excluding hydrogens is 568 g/mol. The molecule has 1 N–H and O–H groups in total. The number of para-hydroxylation sites is 1. The largest absolute Gasteiger partial charge is 0.507 e. The number of hydrogen-bond acceptors (Lipinski definition) is 7. The molecule has 2 amide bonds. The molecule has 3 aromatic rings. The quantitative estimate of drug-likeness (QED) is 0.248. The molecule has 3 aliphatic rings. The van der Waals surface area contributed by atoms with E-state index < -0.39 is 38.9 Å². The first kappa shape index (κ1) is 28.8. The fourth-order valence-electron chi connectivity index (χ4n) is 6.41. The van der Waals surface area contributed by atoms with Crippen LogP contribution in [-0.4, -0.2) is 64.9 Å². The first-order chi connectivity index (χ1) is 20.7. The summed E-state index contributed by atoms with van der Waals surface area (Å²) in [6.45, 7) is 2.94. The SMILES string of the molecule is CCCN1C(=O)C2(/C(=C(/O)c3cccc(S(=O)(=O)N4CCCCC4)c3)C(=O)C(=O)N2Cc2cccnc2)c2ccccc21. The van der Waals surface area contributed by atoms with Crippen LogP contribution in [0.3, 0.4) is 0 Å². The van der Waals surface area contributed by atoms with Crippen LogP contribution in [-0.2, 0) is 36.5 Å². The third-order valence-electron chi connectivity index (χ3n) is 8.38. The smallest absolute Gasteiger partial charge is 0.296 e. The van der Waals surface area contributed by atoms with Crippen molar-refractivity contribution in [1.82, 2.24) is 14.2 Å². The average molecular weight is 601 g/mol. The Morgan fingerprint density at radius 2 is 1.74 bits per heavy atom. The minimum atomic E-state index is -3.87. The number of piperidine rings is 1. The van der Waals surface area contributed by atoms with Crippen molar-refractivity contribution in [2.75, 3.05) is 24.5 Å². The van der Waals surface area contributed by atoms with Gasteiger partial charge in [-0.2, -0.15) is 4.31 Å². The van der Waals surface area contributed by atoms with Crippen LogP contribution in [0.4, 0.5) is 5.69 Å². The molecule has 1 aromatic heterocycles. The molecule has 1 atom stereocenters. The molecule has 0 bridgehead atoms. The Balaban J connectivity index is 1.57. The predicted molar refractivity (Wildman–Crippen MR) is 159 cm³/mol. The number of carbonyl (C=O) groups is 3. The monoisotopic (exact) mass is 600 g/mol. The number of carbonyl (C=O) groups excluding carboxylic acids is 3. The number of sulfonamides is 1. The molecule has 222 valence electrons. The van der Waals surface area contributed by atoms with E-state index in [0.717, 1.165) is 19.3 Å². The minimum Gasteiger partial charge on any atom is -0.507 e. The third-order valence-corrected chi connectivity index (χ3v) is 10.3. The van der Waals surface area contributed by atoms with Gasteiger partial charge >= 0.3 is 0 Å². The zero-order valence-corrected chi connectivity index (χ0v) is 24.6. The van der Waals surface area contributed by atoms with Crippen molar-refractivity contribution in [1.29, 1.82) is 0 Å². The lowest BCUT2D eigenvalue weighted by atomic mass is 9.81. The highest BCUT2D eigenvalue weighted by atomic mass is 32.2. The Morgan fingerprint density at radius 3 is 2.47 bits per heavy atom. The van der Waals surface area contributed by atoms with Gasteiger partial charge in [0.05, 0.1) is 16.2 Å². The summed E-state index contributed by atoms with van der Waals surface area (Å²) in [6, 6.07) is 16.1. The summed E-state index contributed by atoms with van der Waals surface area (Å²) in [7, 11) is -3.87. The molecule has 43 heavy (non-hydrogen) atoms. The van der Waals surface area contributed by atoms with Gasteiger partial charge in [0.1, 0.15) is 5.76 Å². The van der Waals surface area contributed by atoms with E-state index in [1.165, 1.54) is 33.5 Å². The summed E-state index contributed by atoms with van der Waals surface area (Å²) in [5.74, 6) is -3.10. The van der Waals surface area contributed by atoms with Crippen molar-refractivity contribution in [2.45, 2.75) is 49.6 Å². The Kier molecular flexibility index (Phi) is 7.39. The second kappa shape index (κ2) is 11.1. The van der Waals surface area contributed by atoms with Crippen LogP contribution in [0.15, 0.2) is 83.5 Å². The molecule has 4 heterocycles. The number of aliphatic hydroxyl groups is 1. The molecule has 1 unspecified atom stereocenters. The number of aliphatic hydroxyl groups excluding tert-OH is 1. The Morgan fingerprint density at radius 1 is 0.977 bits per heavy atom. The normalized spacial score (nSPS) is 22.0. The van der Waals surface area contributed by atoms with Gasteiger partial charge in [-0.15, -0.1) is 0 Å². The molecule has 2 saturated heterocycles.